The summed E-state index contributed by atoms with van der Waals surface area (Å²) in [5.41, 5.74) is 1.77. The maximum atomic E-state index is 11.5. The third kappa shape index (κ3) is 2.65. The van der Waals surface area contributed by atoms with Gasteiger partial charge in [-0.05, 0) is 24.7 Å². The summed E-state index contributed by atoms with van der Waals surface area (Å²) in [6.45, 7) is 2.96. The van der Waals surface area contributed by atoms with Gasteiger partial charge in [-0.15, -0.1) is 0 Å². The molecule has 0 radical (unpaired) electrons. The fourth-order valence-electron chi connectivity index (χ4n) is 2.17. The Morgan fingerprint density at radius 2 is 2.35 bits per heavy atom. The highest BCUT2D eigenvalue weighted by atomic mass is 16.5. The van der Waals surface area contributed by atoms with E-state index in [0.29, 0.717) is 11.6 Å². The van der Waals surface area contributed by atoms with Gasteiger partial charge in [-0.25, -0.2) is 4.79 Å². The molecule has 1 saturated heterocycles. The van der Waals surface area contributed by atoms with Crippen LogP contribution in [-0.2, 0) is 4.74 Å². The van der Waals surface area contributed by atoms with E-state index in [0.717, 1.165) is 25.2 Å². The van der Waals surface area contributed by atoms with Gasteiger partial charge in [0.15, 0.2) is 0 Å². The lowest BCUT2D eigenvalue weighted by Gasteiger charge is -2.33. The zero-order valence-electron chi connectivity index (χ0n) is 10.3. The van der Waals surface area contributed by atoms with Crippen LogP contribution in [0.1, 0.15) is 22.0 Å². The SMILES string of the molecule is COC(=O)c1cccc(C2CNCCN2C)c1. The van der Waals surface area contributed by atoms with Crippen LogP contribution in [0.15, 0.2) is 24.3 Å². The molecule has 2 rings (SSSR count). The molecule has 1 N–H and O–H groups in total. The number of hydrogen-bond acceptors (Lipinski definition) is 4. The molecule has 1 aromatic rings. The molecule has 4 nitrogen and oxygen atoms in total. The van der Waals surface area contributed by atoms with Gasteiger partial charge in [0.25, 0.3) is 0 Å². The molecule has 0 spiro atoms. The second kappa shape index (κ2) is 5.29. The van der Waals surface area contributed by atoms with Crippen molar-refractivity contribution in [3.63, 3.8) is 0 Å². The van der Waals surface area contributed by atoms with Gasteiger partial charge in [0, 0.05) is 25.7 Å². The van der Waals surface area contributed by atoms with E-state index >= 15 is 0 Å². The predicted octanol–water partition coefficient (Wildman–Crippen LogP) is 1.05. The third-order valence-corrected chi connectivity index (χ3v) is 3.20. The number of carbonyl (C=O) groups is 1. The molecule has 1 unspecified atom stereocenters. The van der Waals surface area contributed by atoms with E-state index in [1.807, 2.05) is 12.1 Å². The molecule has 17 heavy (non-hydrogen) atoms. The largest absolute Gasteiger partial charge is 0.465 e. The standard InChI is InChI=1S/C13H18N2O2/c1-15-7-6-14-9-12(15)10-4-3-5-11(8-10)13(16)17-2/h3-5,8,12,14H,6-7,9H2,1-2H3. The van der Waals surface area contributed by atoms with E-state index in [4.69, 9.17) is 4.74 Å². The monoisotopic (exact) mass is 234 g/mol. The smallest absolute Gasteiger partial charge is 0.337 e. The van der Waals surface area contributed by atoms with Gasteiger partial charge < -0.3 is 10.1 Å². The summed E-state index contributed by atoms with van der Waals surface area (Å²) in [7, 11) is 3.51. The Morgan fingerprint density at radius 1 is 1.53 bits per heavy atom. The Hall–Kier alpha value is -1.39. The number of piperazine rings is 1. The van der Waals surface area contributed by atoms with E-state index in [1.165, 1.54) is 7.11 Å². The number of rotatable bonds is 2. The molecule has 0 saturated carbocycles. The van der Waals surface area contributed by atoms with Crippen molar-refractivity contribution in [3.8, 4) is 0 Å². The van der Waals surface area contributed by atoms with Crippen molar-refractivity contribution >= 4 is 5.97 Å². The van der Waals surface area contributed by atoms with Crippen molar-refractivity contribution in [2.75, 3.05) is 33.8 Å². The minimum Gasteiger partial charge on any atom is -0.465 e. The Balaban J connectivity index is 2.23. The summed E-state index contributed by atoms with van der Waals surface area (Å²) in [4.78, 5) is 13.8. The summed E-state index contributed by atoms with van der Waals surface area (Å²) in [6, 6.07) is 7.99. The number of carbonyl (C=O) groups excluding carboxylic acids is 1. The van der Waals surface area contributed by atoms with Crippen LogP contribution in [0.25, 0.3) is 0 Å². The molecule has 0 amide bonds. The van der Waals surface area contributed by atoms with Gasteiger partial charge >= 0.3 is 5.97 Å². The topological polar surface area (TPSA) is 41.6 Å². The van der Waals surface area contributed by atoms with Crippen molar-refractivity contribution in [3.05, 3.63) is 35.4 Å². The van der Waals surface area contributed by atoms with Crippen LogP contribution >= 0.6 is 0 Å². The first-order chi connectivity index (χ1) is 8.22. The lowest BCUT2D eigenvalue weighted by atomic mass is 10.0. The van der Waals surface area contributed by atoms with Crippen LogP contribution in [-0.4, -0.2) is 44.7 Å². The highest BCUT2D eigenvalue weighted by Gasteiger charge is 2.21. The van der Waals surface area contributed by atoms with Gasteiger partial charge in [-0.2, -0.15) is 0 Å². The van der Waals surface area contributed by atoms with Gasteiger partial charge in [-0.3, -0.25) is 4.90 Å². The molecule has 4 heteroatoms. The molecule has 1 aromatic carbocycles. The highest BCUT2D eigenvalue weighted by Crippen LogP contribution is 2.21. The van der Waals surface area contributed by atoms with E-state index in [9.17, 15) is 4.79 Å². The first kappa shape index (κ1) is 12.1. The van der Waals surface area contributed by atoms with E-state index in [-0.39, 0.29) is 5.97 Å². The van der Waals surface area contributed by atoms with Crippen molar-refractivity contribution in [1.29, 1.82) is 0 Å². The molecule has 1 aliphatic heterocycles. The average molecular weight is 234 g/mol. The molecule has 1 fully saturated rings. The van der Waals surface area contributed by atoms with Gasteiger partial charge in [-0.1, -0.05) is 12.1 Å². The maximum absolute atomic E-state index is 11.5. The molecule has 0 bridgehead atoms. The number of nitrogens with zero attached hydrogens (tertiary/aromatic N) is 1. The summed E-state index contributed by atoms with van der Waals surface area (Å²) >= 11 is 0. The lowest BCUT2D eigenvalue weighted by Crippen LogP contribution is -2.43. The Bertz CT molecular complexity index is 406. The number of esters is 1. The van der Waals surface area contributed by atoms with Gasteiger partial charge in [0.05, 0.1) is 12.7 Å². The molecule has 1 aliphatic rings. The molecule has 0 aliphatic carbocycles. The van der Waals surface area contributed by atoms with Crippen molar-refractivity contribution < 1.29 is 9.53 Å². The van der Waals surface area contributed by atoms with Crippen LogP contribution in [0, 0.1) is 0 Å². The van der Waals surface area contributed by atoms with Crippen molar-refractivity contribution in [2.45, 2.75) is 6.04 Å². The summed E-state index contributed by atoms with van der Waals surface area (Å²) in [5, 5.41) is 3.37. The van der Waals surface area contributed by atoms with Crippen LogP contribution < -0.4 is 5.32 Å². The minimum absolute atomic E-state index is 0.279. The van der Waals surface area contributed by atoms with E-state index in [2.05, 4.69) is 23.3 Å². The van der Waals surface area contributed by atoms with Gasteiger partial charge in [0.2, 0.25) is 0 Å². The molecule has 0 aromatic heterocycles. The Morgan fingerprint density at radius 3 is 3.06 bits per heavy atom. The van der Waals surface area contributed by atoms with E-state index in [1.54, 1.807) is 6.07 Å². The zero-order chi connectivity index (χ0) is 12.3. The molecule has 1 heterocycles. The highest BCUT2D eigenvalue weighted by molar-refractivity contribution is 5.89. The number of nitrogens with one attached hydrogen (secondary N) is 1. The fraction of sp³-hybridized carbons (Fsp3) is 0.462. The van der Waals surface area contributed by atoms with Crippen molar-refractivity contribution in [1.82, 2.24) is 10.2 Å². The second-order valence-electron chi connectivity index (χ2n) is 4.32. The average Bonchev–Trinajstić information content (AvgIpc) is 2.38. The second-order valence-corrected chi connectivity index (χ2v) is 4.32. The maximum Gasteiger partial charge on any atom is 0.337 e. The molecule has 1 atom stereocenters. The van der Waals surface area contributed by atoms with Crippen LogP contribution in [0.2, 0.25) is 0 Å². The summed E-state index contributed by atoms with van der Waals surface area (Å²) < 4.78 is 4.74. The number of hydrogen-bond donors (Lipinski definition) is 1. The lowest BCUT2D eigenvalue weighted by molar-refractivity contribution is 0.0600. The normalized spacial score (nSPS) is 21.2. The molecular weight excluding hydrogens is 216 g/mol. The Kier molecular flexibility index (Phi) is 3.76. The zero-order valence-corrected chi connectivity index (χ0v) is 10.3. The molecule has 92 valence electrons. The fourth-order valence-corrected chi connectivity index (χ4v) is 2.17. The molecular formula is C13H18N2O2. The number of ether oxygens (including phenoxy) is 1. The van der Waals surface area contributed by atoms with E-state index < -0.39 is 0 Å². The quantitative estimate of drug-likeness (QED) is 0.777. The Labute approximate surface area is 102 Å². The first-order valence-corrected chi connectivity index (χ1v) is 5.81. The number of benzene rings is 1. The minimum atomic E-state index is -0.279. The summed E-state index contributed by atoms with van der Waals surface area (Å²) in [5.74, 6) is -0.279. The van der Waals surface area contributed by atoms with Crippen LogP contribution in [0.5, 0.6) is 0 Å². The number of methoxy groups -OCH3 is 1. The third-order valence-electron chi connectivity index (χ3n) is 3.20. The van der Waals surface area contributed by atoms with Crippen LogP contribution in [0.4, 0.5) is 0 Å². The van der Waals surface area contributed by atoms with Crippen molar-refractivity contribution in [2.24, 2.45) is 0 Å². The van der Waals surface area contributed by atoms with Gasteiger partial charge in [0.1, 0.15) is 0 Å². The summed E-state index contributed by atoms with van der Waals surface area (Å²) in [6.07, 6.45) is 0. The first-order valence-electron chi connectivity index (χ1n) is 5.81. The predicted molar refractivity (Wildman–Crippen MR) is 66.0 cm³/mol. The number of likely N-dealkylation sites (N-methyl/N-ethyl adjacent to an activating group) is 1. The van der Waals surface area contributed by atoms with Crippen LogP contribution in [0.3, 0.4) is 0 Å².